The van der Waals surface area contributed by atoms with Crippen molar-refractivity contribution in [2.45, 2.75) is 0 Å². The molecule has 0 spiro atoms. The average molecular weight is 304 g/mol. The zero-order chi connectivity index (χ0) is 11.7. The first-order valence-electron chi connectivity index (χ1n) is 4.28. The molecule has 82 valence electrons. The van der Waals surface area contributed by atoms with E-state index in [0.717, 1.165) is 0 Å². The number of halogens is 3. The van der Waals surface area contributed by atoms with Crippen molar-refractivity contribution in [1.29, 1.82) is 0 Å². The molecule has 3 nitrogen and oxygen atoms in total. The third-order valence-corrected chi connectivity index (χ3v) is 2.86. The molecule has 2 aromatic rings. The zero-order valence-corrected chi connectivity index (χ0v) is 10.1. The highest BCUT2D eigenvalue weighted by molar-refractivity contribution is 9.10. The van der Waals surface area contributed by atoms with E-state index in [2.05, 4.69) is 25.9 Å². The van der Waals surface area contributed by atoms with Crippen LogP contribution in [0.5, 0.6) is 0 Å². The average Bonchev–Trinajstić information content (AvgIpc) is 2.64. The lowest BCUT2D eigenvalue weighted by atomic mass is 10.1. The van der Waals surface area contributed by atoms with Crippen LogP contribution in [0.1, 0.15) is 10.6 Å². The fraction of sp³-hybridized carbons (Fsp3) is 0. The van der Waals surface area contributed by atoms with Gasteiger partial charge in [0.1, 0.15) is 10.3 Å². The molecule has 0 atom stereocenters. The molecule has 0 saturated carbocycles. The van der Waals surface area contributed by atoms with Gasteiger partial charge in [-0.2, -0.15) is 0 Å². The Kier molecular flexibility index (Phi) is 3.07. The smallest absolute Gasteiger partial charge is 0.185 e. The van der Waals surface area contributed by atoms with Crippen LogP contribution in [0.3, 0.4) is 0 Å². The lowest BCUT2D eigenvalue weighted by Gasteiger charge is -2.01. The number of imidazole rings is 1. The van der Waals surface area contributed by atoms with Gasteiger partial charge >= 0.3 is 0 Å². The highest BCUT2D eigenvalue weighted by Gasteiger charge is 2.15. The van der Waals surface area contributed by atoms with Gasteiger partial charge in [-0.05, 0) is 28.1 Å². The van der Waals surface area contributed by atoms with Crippen LogP contribution in [0.4, 0.5) is 4.39 Å². The summed E-state index contributed by atoms with van der Waals surface area (Å²) >= 11 is 8.83. The normalized spacial score (nSPS) is 10.4. The van der Waals surface area contributed by atoms with Gasteiger partial charge in [0.2, 0.25) is 0 Å². The number of nitrogens with one attached hydrogen (secondary N) is 1. The van der Waals surface area contributed by atoms with Crippen molar-refractivity contribution in [3.63, 3.8) is 0 Å². The Labute approximate surface area is 104 Å². The molecule has 1 aromatic heterocycles. The van der Waals surface area contributed by atoms with Crippen LogP contribution in [0.15, 0.2) is 22.8 Å². The molecular weight excluding hydrogens is 298 g/mol. The van der Waals surface area contributed by atoms with Crippen molar-refractivity contribution in [2.24, 2.45) is 0 Å². The number of H-pyrrole nitrogens is 1. The maximum absolute atomic E-state index is 13.7. The van der Waals surface area contributed by atoms with E-state index in [9.17, 15) is 9.18 Å². The van der Waals surface area contributed by atoms with E-state index in [1.54, 1.807) is 6.07 Å². The molecule has 2 rings (SSSR count). The van der Waals surface area contributed by atoms with Gasteiger partial charge in [0.25, 0.3) is 0 Å². The second-order valence-electron chi connectivity index (χ2n) is 3.00. The molecule has 1 aromatic carbocycles. The molecule has 0 bridgehead atoms. The molecule has 1 heterocycles. The van der Waals surface area contributed by atoms with E-state index in [0.29, 0.717) is 16.6 Å². The summed E-state index contributed by atoms with van der Waals surface area (Å²) in [4.78, 5) is 17.1. The number of rotatable bonds is 2. The summed E-state index contributed by atoms with van der Waals surface area (Å²) in [5.41, 5.74) is 0.561. The van der Waals surface area contributed by atoms with E-state index >= 15 is 0 Å². The first-order valence-corrected chi connectivity index (χ1v) is 5.45. The van der Waals surface area contributed by atoms with Gasteiger partial charge in [-0.3, -0.25) is 4.79 Å². The third-order valence-electron chi connectivity index (χ3n) is 2.00. The van der Waals surface area contributed by atoms with E-state index in [1.165, 1.54) is 12.1 Å². The summed E-state index contributed by atoms with van der Waals surface area (Å²) in [5, 5.41) is 0.0139. The summed E-state index contributed by atoms with van der Waals surface area (Å²) in [6.07, 6.45) is 0.552. The van der Waals surface area contributed by atoms with Crippen LogP contribution in [0, 0.1) is 5.82 Å². The zero-order valence-electron chi connectivity index (χ0n) is 7.80. The molecule has 1 N–H and O–H groups in total. The molecule has 0 aliphatic rings. The predicted octanol–water partition coefficient (Wildman–Crippen LogP) is 3.44. The standard InChI is InChI=1S/C10H5BrClFN2O/c11-10-9(14-7(4-16)15-10)5-2-1-3-6(12)8(5)13/h1-4H,(H,14,15). The minimum absolute atomic E-state index is 0.0139. The monoisotopic (exact) mass is 302 g/mol. The largest absolute Gasteiger partial charge is 0.330 e. The summed E-state index contributed by atoms with van der Waals surface area (Å²) < 4.78 is 14.1. The number of carbonyl (C=O) groups excluding carboxylic acids is 1. The fourth-order valence-corrected chi connectivity index (χ4v) is 1.97. The number of hydrogen-bond acceptors (Lipinski definition) is 2. The Morgan fingerprint density at radius 1 is 1.50 bits per heavy atom. The Hall–Kier alpha value is -1.20. The van der Waals surface area contributed by atoms with Gasteiger partial charge in [-0.15, -0.1) is 0 Å². The first kappa shape index (κ1) is 11.3. The van der Waals surface area contributed by atoms with Crippen LogP contribution >= 0.6 is 27.5 Å². The number of benzene rings is 1. The van der Waals surface area contributed by atoms with Crippen LogP contribution in [0.2, 0.25) is 5.02 Å². The number of aromatic nitrogens is 2. The quantitative estimate of drug-likeness (QED) is 0.864. The van der Waals surface area contributed by atoms with Crippen LogP contribution in [-0.2, 0) is 0 Å². The van der Waals surface area contributed by atoms with Crippen molar-refractivity contribution in [2.75, 3.05) is 0 Å². The van der Waals surface area contributed by atoms with Crippen molar-refractivity contribution in [1.82, 2.24) is 9.97 Å². The number of carbonyl (C=O) groups is 1. The highest BCUT2D eigenvalue weighted by Crippen LogP contribution is 2.30. The molecule has 0 amide bonds. The molecule has 0 aliphatic heterocycles. The van der Waals surface area contributed by atoms with Crippen molar-refractivity contribution in [3.8, 4) is 11.3 Å². The van der Waals surface area contributed by atoms with Gasteiger partial charge in [0.05, 0.1) is 5.02 Å². The van der Waals surface area contributed by atoms with Gasteiger partial charge in [0, 0.05) is 5.56 Å². The highest BCUT2D eigenvalue weighted by atomic mass is 79.9. The number of hydrogen-bond donors (Lipinski definition) is 1. The molecular formula is C10H5BrClFN2O. The van der Waals surface area contributed by atoms with Gasteiger partial charge in [0.15, 0.2) is 17.9 Å². The molecule has 0 saturated heterocycles. The predicted molar refractivity (Wildman–Crippen MR) is 62.1 cm³/mol. The molecule has 6 heteroatoms. The lowest BCUT2D eigenvalue weighted by Crippen LogP contribution is -1.87. The second-order valence-corrected chi connectivity index (χ2v) is 4.20. The van der Waals surface area contributed by atoms with E-state index in [4.69, 9.17) is 11.6 Å². The van der Waals surface area contributed by atoms with Crippen molar-refractivity contribution < 1.29 is 9.18 Å². The summed E-state index contributed by atoms with van der Waals surface area (Å²) in [6.45, 7) is 0. The minimum atomic E-state index is -0.561. The number of nitrogens with zero attached hydrogens (tertiary/aromatic N) is 1. The Balaban J connectivity index is 2.62. The molecule has 0 aliphatic carbocycles. The van der Waals surface area contributed by atoms with Crippen LogP contribution in [0.25, 0.3) is 11.3 Å². The first-order chi connectivity index (χ1) is 7.63. The molecule has 0 unspecified atom stereocenters. The van der Waals surface area contributed by atoms with E-state index in [1.807, 2.05) is 0 Å². The Morgan fingerprint density at radius 3 is 2.88 bits per heavy atom. The number of aldehydes is 1. The summed E-state index contributed by atoms with van der Waals surface area (Å²) in [6, 6.07) is 4.60. The van der Waals surface area contributed by atoms with Crippen molar-refractivity contribution in [3.05, 3.63) is 39.5 Å². The summed E-state index contributed by atoms with van der Waals surface area (Å²) in [5.74, 6) is -0.435. The molecule has 0 fully saturated rings. The summed E-state index contributed by atoms with van der Waals surface area (Å²) in [7, 11) is 0. The van der Waals surface area contributed by atoms with Crippen LogP contribution < -0.4 is 0 Å². The molecule has 16 heavy (non-hydrogen) atoms. The Morgan fingerprint density at radius 2 is 2.25 bits per heavy atom. The fourth-order valence-electron chi connectivity index (χ4n) is 1.29. The SMILES string of the molecule is O=Cc1nc(-c2cccc(Cl)c2F)c(Br)[nH]1. The maximum atomic E-state index is 13.7. The lowest BCUT2D eigenvalue weighted by molar-refractivity contribution is 0.111. The van der Waals surface area contributed by atoms with Crippen LogP contribution in [-0.4, -0.2) is 16.3 Å². The van der Waals surface area contributed by atoms with Gasteiger partial charge in [-0.1, -0.05) is 17.7 Å². The second kappa shape index (κ2) is 4.35. The minimum Gasteiger partial charge on any atom is -0.330 e. The third kappa shape index (κ3) is 1.88. The molecule has 0 radical (unpaired) electrons. The maximum Gasteiger partial charge on any atom is 0.185 e. The van der Waals surface area contributed by atoms with Gasteiger partial charge < -0.3 is 4.98 Å². The Bertz CT molecular complexity index is 556. The number of aromatic amines is 1. The van der Waals surface area contributed by atoms with E-state index < -0.39 is 5.82 Å². The topological polar surface area (TPSA) is 45.8 Å². The van der Waals surface area contributed by atoms with E-state index in [-0.39, 0.29) is 16.4 Å². The van der Waals surface area contributed by atoms with Crippen molar-refractivity contribution >= 4 is 33.8 Å². The van der Waals surface area contributed by atoms with Gasteiger partial charge in [-0.25, -0.2) is 9.37 Å².